The van der Waals surface area contributed by atoms with Crippen molar-refractivity contribution in [1.82, 2.24) is 5.32 Å². The monoisotopic (exact) mass is 277 g/mol. The van der Waals surface area contributed by atoms with Gasteiger partial charge in [-0.2, -0.15) is 0 Å². The van der Waals surface area contributed by atoms with E-state index in [9.17, 15) is 0 Å². The van der Waals surface area contributed by atoms with Crippen molar-refractivity contribution in [1.29, 1.82) is 0 Å². The minimum atomic E-state index is 0.432. The Kier molecular flexibility index (Phi) is 3.30. The molecular weight excluding hydrogens is 250 g/mol. The van der Waals surface area contributed by atoms with Crippen LogP contribution in [0.3, 0.4) is 0 Å². The molecule has 106 valence electrons. The van der Waals surface area contributed by atoms with Crippen molar-refractivity contribution in [2.75, 3.05) is 0 Å². The van der Waals surface area contributed by atoms with Crippen molar-refractivity contribution in [3.63, 3.8) is 0 Å². The molecule has 1 atom stereocenters. The summed E-state index contributed by atoms with van der Waals surface area (Å²) >= 11 is 1.93. The summed E-state index contributed by atoms with van der Waals surface area (Å²) in [6.45, 7) is 9.63. The quantitative estimate of drug-likeness (QED) is 0.816. The Labute approximate surface area is 121 Å². The maximum Gasteiger partial charge on any atom is 0.0445 e. The lowest BCUT2D eigenvalue weighted by Gasteiger charge is -2.25. The first-order chi connectivity index (χ1) is 8.94. The fourth-order valence-electron chi connectivity index (χ4n) is 4.00. The second kappa shape index (κ2) is 4.60. The van der Waals surface area contributed by atoms with Gasteiger partial charge in [0.25, 0.3) is 0 Å². The van der Waals surface area contributed by atoms with Crippen LogP contribution < -0.4 is 5.32 Å². The van der Waals surface area contributed by atoms with Gasteiger partial charge in [-0.25, -0.2) is 0 Å². The van der Waals surface area contributed by atoms with Gasteiger partial charge in [0.05, 0.1) is 0 Å². The molecule has 1 aromatic heterocycles. The highest BCUT2D eigenvalue weighted by Gasteiger charge is 2.65. The molecule has 0 aromatic carbocycles. The molecule has 19 heavy (non-hydrogen) atoms. The van der Waals surface area contributed by atoms with Crippen molar-refractivity contribution >= 4 is 11.3 Å². The summed E-state index contributed by atoms with van der Waals surface area (Å²) in [4.78, 5) is 1.55. The van der Waals surface area contributed by atoms with Crippen LogP contribution >= 0.6 is 11.3 Å². The van der Waals surface area contributed by atoms with Crippen LogP contribution in [0.1, 0.15) is 64.3 Å². The van der Waals surface area contributed by atoms with Crippen LogP contribution in [0.4, 0.5) is 0 Å². The van der Waals surface area contributed by atoms with E-state index in [0.29, 0.717) is 22.9 Å². The molecule has 3 rings (SSSR count). The smallest absolute Gasteiger partial charge is 0.0445 e. The summed E-state index contributed by atoms with van der Waals surface area (Å²) in [5, 5.41) is 6.25. The van der Waals surface area contributed by atoms with Gasteiger partial charge in [-0.05, 0) is 41.0 Å². The van der Waals surface area contributed by atoms with Crippen LogP contribution in [0.5, 0.6) is 0 Å². The first-order valence-electron chi connectivity index (χ1n) is 7.74. The van der Waals surface area contributed by atoms with E-state index in [4.69, 9.17) is 0 Å². The minimum Gasteiger partial charge on any atom is -0.305 e. The van der Waals surface area contributed by atoms with Gasteiger partial charge in [0.15, 0.2) is 0 Å². The molecule has 2 aliphatic rings. The molecule has 1 heterocycles. The van der Waals surface area contributed by atoms with Crippen LogP contribution in [-0.2, 0) is 0 Å². The highest BCUT2D eigenvalue weighted by molar-refractivity contribution is 7.10. The zero-order valence-electron chi connectivity index (χ0n) is 12.7. The highest BCUT2D eigenvalue weighted by Crippen LogP contribution is 2.63. The fourth-order valence-corrected chi connectivity index (χ4v) is 4.88. The first-order valence-corrected chi connectivity index (χ1v) is 8.62. The number of nitrogens with one attached hydrogen (secondary N) is 1. The standard InChI is InChI=1S/C17H27NS/c1-16(2)15(17(16,3)4)18-14(12-8-5-6-9-12)13-10-7-11-19-13/h7,10-12,14-15,18H,5-6,8-9H2,1-4H3. The topological polar surface area (TPSA) is 12.0 Å². The molecule has 0 amide bonds. The molecule has 0 bridgehead atoms. The van der Waals surface area contributed by atoms with E-state index in [1.165, 1.54) is 25.7 Å². The molecule has 0 spiro atoms. The third kappa shape index (κ3) is 2.17. The van der Waals surface area contributed by atoms with Gasteiger partial charge >= 0.3 is 0 Å². The first kappa shape index (κ1) is 13.6. The average molecular weight is 277 g/mol. The van der Waals surface area contributed by atoms with Crippen LogP contribution in [-0.4, -0.2) is 6.04 Å². The van der Waals surface area contributed by atoms with Gasteiger partial charge in [0.2, 0.25) is 0 Å². The third-order valence-corrected chi connectivity index (χ3v) is 7.04. The van der Waals surface area contributed by atoms with Gasteiger partial charge in [-0.1, -0.05) is 46.6 Å². The lowest BCUT2D eigenvalue weighted by Crippen LogP contribution is -2.31. The molecule has 1 aromatic rings. The molecule has 0 saturated heterocycles. The summed E-state index contributed by atoms with van der Waals surface area (Å²) in [7, 11) is 0. The van der Waals surface area contributed by atoms with Gasteiger partial charge in [-0.3, -0.25) is 0 Å². The van der Waals surface area contributed by atoms with E-state index in [2.05, 4.69) is 50.5 Å². The molecule has 1 N–H and O–H groups in total. The summed E-state index contributed by atoms with van der Waals surface area (Å²) < 4.78 is 0. The Balaban J connectivity index is 1.78. The Morgan fingerprint density at radius 2 is 1.79 bits per heavy atom. The molecule has 0 aliphatic heterocycles. The predicted octanol–water partition coefficient (Wildman–Crippen LogP) is 5.00. The largest absolute Gasteiger partial charge is 0.305 e. The molecule has 1 nitrogen and oxygen atoms in total. The molecule has 2 fully saturated rings. The van der Waals surface area contributed by atoms with Crippen LogP contribution in [0, 0.1) is 16.7 Å². The van der Waals surface area contributed by atoms with Gasteiger partial charge < -0.3 is 5.32 Å². The van der Waals surface area contributed by atoms with Crippen LogP contribution in [0.25, 0.3) is 0 Å². The van der Waals surface area contributed by atoms with Crippen molar-refractivity contribution in [2.24, 2.45) is 16.7 Å². The van der Waals surface area contributed by atoms with Crippen molar-refractivity contribution < 1.29 is 0 Å². The molecule has 2 saturated carbocycles. The zero-order chi connectivity index (χ0) is 13.7. The van der Waals surface area contributed by atoms with E-state index in [-0.39, 0.29) is 0 Å². The Hall–Kier alpha value is -0.340. The number of hydrogen-bond acceptors (Lipinski definition) is 2. The number of thiophene rings is 1. The Morgan fingerprint density at radius 1 is 1.16 bits per heavy atom. The van der Waals surface area contributed by atoms with E-state index in [0.717, 1.165) is 5.92 Å². The molecule has 2 aliphatic carbocycles. The second-order valence-corrected chi connectivity index (χ2v) is 8.56. The summed E-state index contributed by atoms with van der Waals surface area (Å²) in [6.07, 6.45) is 5.66. The van der Waals surface area contributed by atoms with E-state index in [1.807, 2.05) is 11.3 Å². The summed E-state index contributed by atoms with van der Waals surface area (Å²) in [5.74, 6) is 0.853. The fraction of sp³-hybridized carbons (Fsp3) is 0.765. The zero-order valence-corrected chi connectivity index (χ0v) is 13.5. The Morgan fingerprint density at radius 3 is 2.26 bits per heavy atom. The highest BCUT2D eigenvalue weighted by atomic mass is 32.1. The van der Waals surface area contributed by atoms with Gasteiger partial charge in [0.1, 0.15) is 0 Å². The van der Waals surface area contributed by atoms with Crippen molar-refractivity contribution in [2.45, 2.75) is 65.5 Å². The SMILES string of the molecule is CC1(C)C(NC(c2cccs2)C2CCCC2)C1(C)C. The van der Waals surface area contributed by atoms with Crippen molar-refractivity contribution in [3.8, 4) is 0 Å². The third-order valence-electron chi connectivity index (χ3n) is 6.09. The summed E-state index contributed by atoms with van der Waals surface area (Å²) in [6, 6.07) is 5.77. The maximum absolute atomic E-state index is 4.03. The van der Waals surface area contributed by atoms with E-state index < -0.39 is 0 Å². The number of hydrogen-bond donors (Lipinski definition) is 1. The molecule has 0 radical (unpaired) electrons. The normalized spacial score (nSPS) is 27.6. The molecule has 2 heteroatoms. The Bertz CT molecular complexity index is 412. The second-order valence-electron chi connectivity index (χ2n) is 7.58. The van der Waals surface area contributed by atoms with Gasteiger partial charge in [0, 0.05) is 17.0 Å². The predicted molar refractivity (Wildman–Crippen MR) is 83.5 cm³/mol. The number of rotatable bonds is 4. The van der Waals surface area contributed by atoms with E-state index >= 15 is 0 Å². The minimum absolute atomic E-state index is 0.432. The lowest BCUT2D eigenvalue weighted by molar-refractivity contribution is 0.348. The summed E-state index contributed by atoms with van der Waals surface area (Å²) in [5.41, 5.74) is 0.863. The average Bonchev–Trinajstić information content (AvgIpc) is 2.91. The maximum atomic E-state index is 4.03. The lowest BCUT2D eigenvalue weighted by atomic mass is 9.96. The molecular formula is C17H27NS. The van der Waals surface area contributed by atoms with Crippen LogP contribution in [0.2, 0.25) is 0 Å². The van der Waals surface area contributed by atoms with E-state index in [1.54, 1.807) is 4.88 Å². The molecule has 1 unspecified atom stereocenters. The van der Waals surface area contributed by atoms with Crippen molar-refractivity contribution in [3.05, 3.63) is 22.4 Å². The van der Waals surface area contributed by atoms with Gasteiger partial charge in [-0.15, -0.1) is 11.3 Å². The van der Waals surface area contributed by atoms with Crippen LogP contribution in [0.15, 0.2) is 17.5 Å².